The molecule has 1 heterocycles. The molecular formula is C16H19Br2N3. The molecule has 2 aromatic rings. The van der Waals surface area contributed by atoms with Gasteiger partial charge in [-0.3, -0.25) is 0 Å². The van der Waals surface area contributed by atoms with Crippen LogP contribution in [0.2, 0.25) is 0 Å². The number of imidazole rings is 1. The molecule has 1 aromatic heterocycles. The Balaban J connectivity index is 1.73. The maximum Gasteiger partial charge on any atom is 0.0949 e. The van der Waals surface area contributed by atoms with Crippen LogP contribution in [0.3, 0.4) is 0 Å². The molecule has 1 aliphatic rings. The van der Waals surface area contributed by atoms with Gasteiger partial charge in [0.05, 0.1) is 6.33 Å². The van der Waals surface area contributed by atoms with E-state index in [4.69, 9.17) is 0 Å². The van der Waals surface area contributed by atoms with Crippen LogP contribution in [-0.4, -0.2) is 15.6 Å². The fourth-order valence-electron chi connectivity index (χ4n) is 3.22. The summed E-state index contributed by atoms with van der Waals surface area (Å²) in [5.41, 5.74) is 1.30. The van der Waals surface area contributed by atoms with Crippen LogP contribution in [0.1, 0.15) is 43.8 Å². The van der Waals surface area contributed by atoms with Crippen LogP contribution >= 0.6 is 31.9 Å². The molecule has 1 aliphatic carbocycles. The Kier molecular flexibility index (Phi) is 4.82. The molecule has 5 heteroatoms. The van der Waals surface area contributed by atoms with Crippen LogP contribution in [-0.2, 0) is 0 Å². The van der Waals surface area contributed by atoms with Gasteiger partial charge in [-0.2, -0.15) is 0 Å². The average Bonchev–Trinajstić information content (AvgIpc) is 3.08. The van der Waals surface area contributed by atoms with Gasteiger partial charge in [0.15, 0.2) is 0 Å². The second-order valence-corrected chi connectivity index (χ2v) is 7.44. The van der Waals surface area contributed by atoms with E-state index in [0.29, 0.717) is 18.1 Å². The standard InChI is InChI=1S/C16H19Br2N3/c1-11(13-6-5-12(17)9-14(13)18)20-15-3-2-4-16(15)21-8-7-19-10-21/h5-11,15-16,20H,2-4H2,1H3. The molecule has 112 valence electrons. The Morgan fingerprint density at radius 1 is 1.33 bits per heavy atom. The molecule has 1 saturated carbocycles. The lowest BCUT2D eigenvalue weighted by atomic mass is 10.1. The van der Waals surface area contributed by atoms with E-state index in [1.165, 1.54) is 24.8 Å². The summed E-state index contributed by atoms with van der Waals surface area (Å²) in [7, 11) is 0. The van der Waals surface area contributed by atoms with Crippen LogP contribution in [0, 0.1) is 0 Å². The third-order valence-corrected chi connectivity index (χ3v) is 5.46. The van der Waals surface area contributed by atoms with Crippen molar-refractivity contribution in [2.24, 2.45) is 0 Å². The lowest BCUT2D eigenvalue weighted by molar-refractivity contribution is 0.362. The molecule has 3 rings (SSSR count). The predicted molar refractivity (Wildman–Crippen MR) is 92.3 cm³/mol. The summed E-state index contributed by atoms with van der Waals surface area (Å²) < 4.78 is 4.49. The van der Waals surface area contributed by atoms with Crippen LogP contribution in [0.5, 0.6) is 0 Å². The molecule has 0 aliphatic heterocycles. The minimum atomic E-state index is 0.321. The summed E-state index contributed by atoms with van der Waals surface area (Å²) in [6.45, 7) is 2.23. The molecule has 0 radical (unpaired) electrons. The van der Waals surface area contributed by atoms with Crippen LogP contribution in [0.25, 0.3) is 0 Å². The Morgan fingerprint density at radius 2 is 2.19 bits per heavy atom. The van der Waals surface area contributed by atoms with Gasteiger partial charge < -0.3 is 9.88 Å². The van der Waals surface area contributed by atoms with E-state index in [1.54, 1.807) is 0 Å². The molecule has 21 heavy (non-hydrogen) atoms. The van der Waals surface area contributed by atoms with Crippen LogP contribution < -0.4 is 5.32 Å². The van der Waals surface area contributed by atoms with Crippen molar-refractivity contribution >= 4 is 31.9 Å². The first kappa shape index (κ1) is 15.3. The summed E-state index contributed by atoms with van der Waals surface area (Å²) in [5.74, 6) is 0. The highest BCUT2D eigenvalue weighted by Crippen LogP contribution is 2.33. The first-order valence-electron chi connectivity index (χ1n) is 7.33. The number of nitrogens with zero attached hydrogens (tertiary/aromatic N) is 2. The van der Waals surface area contributed by atoms with Crippen LogP contribution in [0.4, 0.5) is 0 Å². The van der Waals surface area contributed by atoms with Gasteiger partial charge in [0, 0.05) is 39.5 Å². The predicted octanol–water partition coefficient (Wildman–Crippen LogP) is 4.85. The largest absolute Gasteiger partial charge is 0.333 e. The number of hydrogen-bond donors (Lipinski definition) is 1. The third-order valence-electron chi connectivity index (χ3n) is 4.28. The quantitative estimate of drug-likeness (QED) is 0.777. The molecule has 1 N–H and O–H groups in total. The molecule has 3 nitrogen and oxygen atoms in total. The van der Waals surface area contributed by atoms with Gasteiger partial charge in [-0.25, -0.2) is 4.98 Å². The zero-order chi connectivity index (χ0) is 14.8. The van der Waals surface area contributed by atoms with Crippen molar-refractivity contribution in [1.82, 2.24) is 14.9 Å². The topological polar surface area (TPSA) is 29.9 Å². The summed E-state index contributed by atoms with van der Waals surface area (Å²) in [4.78, 5) is 4.18. The van der Waals surface area contributed by atoms with Crippen molar-refractivity contribution in [3.8, 4) is 0 Å². The highest BCUT2D eigenvalue weighted by atomic mass is 79.9. The summed E-state index contributed by atoms with van der Waals surface area (Å²) in [6.07, 6.45) is 9.60. The van der Waals surface area contributed by atoms with Crippen molar-refractivity contribution in [3.05, 3.63) is 51.4 Å². The maximum absolute atomic E-state index is 4.18. The molecule has 0 saturated heterocycles. The third kappa shape index (κ3) is 3.41. The van der Waals surface area contributed by atoms with Gasteiger partial charge in [0.2, 0.25) is 0 Å². The fraction of sp³-hybridized carbons (Fsp3) is 0.438. The van der Waals surface area contributed by atoms with Gasteiger partial charge in [0.25, 0.3) is 0 Å². The Bertz CT molecular complexity index is 598. The van der Waals surface area contributed by atoms with E-state index >= 15 is 0 Å². The Labute approximate surface area is 142 Å². The van der Waals surface area contributed by atoms with Crippen molar-refractivity contribution in [3.63, 3.8) is 0 Å². The van der Waals surface area contributed by atoms with E-state index in [0.717, 1.165) is 8.95 Å². The first-order chi connectivity index (χ1) is 10.1. The Morgan fingerprint density at radius 3 is 2.90 bits per heavy atom. The van der Waals surface area contributed by atoms with Crippen molar-refractivity contribution in [2.45, 2.75) is 44.3 Å². The van der Waals surface area contributed by atoms with Crippen LogP contribution in [0.15, 0.2) is 45.9 Å². The minimum absolute atomic E-state index is 0.321. The zero-order valence-corrected chi connectivity index (χ0v) is 15.1. The Hall–Kier alpha value is -0.650. The van der Waals surface area contributed by atoms with Crippen molar-refractivity contribution in [1.29, 1.82) is 0 Å². The molecule has 0 bridgehead atoms. The maximum atomic E-state index is 4.18. The summed E-state index contributed by atoms with van der Waals surface area (Å²) >= 11 is 7.17. The minimum Gasteiger partial charge on any atom is -0.333 e. The smallest absolute Gasteiger partial charge is 0.0949 e. The lowest BCUT2D eigenvalue weighted by Gasteiger charge is -2.26. The van der Waals surface area contributed by atoms with E-state index in [9.17, 15) is 0 Å². The number of aromatic nitrogens is 2. The second-order valence-electron chi connectivity index (χ2n) is 5.67. The molecule has 0 amide bonds. The first-order valence-corrected chi connectivity index (χ1v) is 8.92. The summed E-state index contributed by atoms with van der Waals surface area (Å²) in [6, 6.07) is 7.72. The number of benzene rings is 1. The zero-order valence-electron chi connectivity index (χ0n) is 12.0. The van der Waals surface area contributed by atoms with E-state index in [-0.39, 0.29) is 0 Å². The van der Waals surface area contributed by atoms with E-state index in [2.05, 4.69) is 78.0 Å². The molecule has 3 unspecified atom stereocenters. The van der Waals surface area contributed by atoms with Gasteiger partial charge in [-0.15, -0.1) is 0 Å². The van der Waals surface area contributed by atoms with Gasteiger partial charge >= 0.3 is 0 Å². The highest BCUT2D eigenvalue weighted by Gasteiger charge is 2.29. The number of nitrogens with one attached hydrogen (secondary N) is 1. The normalized spacial score (nSPS) is 23.4. The van der Waals surface area contributed by atoms with Crippen molar-refractivity contribution in [2.75, 3.05) is 0 Å². The monoisotopic (exact) mass is 411 g/mol. The molecule has 3 atom stereocenters. The van der Waals surface area contributed by atoms with E-state index in [1.807, 2.05) is 12.5 Å². The van der Waals surface area contributed by atoms with Crippen molar-refractivity contribution < 1.29 is 0 Å². The number of halogens is 2. The molecule has 0 spiro atoms. The van der Waals surface area contributed by atoms with Gasteiger partial charge in [0.1, 0.15) is 0 Å². The van der Waals surface area contributed by atoms with Gasteiger partial charge in [-0.05, 0) is 43.9 Å². The van der Waals surface area contributed by atoms with Gasteiger partial charge in [-0.1, -0.05) is 37.9 Å². The molecular weight excluding hydrogens is 394 g/mol. The number of hydrogen-bond acceptors (Lipinski definition) is 2. The molecule has 1 aromatic carbocycles. The second kappa shape index (κ2) is 6.63. The number of rotatable bonds is 4. The summed E-state index contributed by atoms with van der Waals surface area (Å²) in [5, 5.41) is 3.80. The lowest BCUT2D eigenvalue weighted by Crippen LogP contribution is -2.35. The molecule has 1 fully saturated rings. The highest BCUT2D eigenvalue weighted by molar-refractivity contribution is 9.11. The SMILES string of the molecule is CC(NC1CCCC1n1ccnc1)c1ccc(Br)cc1Br. The van der Waals surface area contributed by atoms with E-state index < -0.39 is 0 Å². The average molecular weight is 413 g/mol. The fourth-order valence-corrected chi connectivity index (χ4v) is 4.61.